The van der Waals surface area contributed by atoms with E-state index >= 15 is 0 Å². The normalized spacial score (nSPS) is 10.9. The highest BCUT2D eigenvalue weighted by Gasteiger charge is 2.11. The van der Waals surface area contributed by atoms with E-state index in [9.17, 15) is 0 Å². The van der Waals surface area contributed by atoms with E-state index in [0.717, 1.165) is 21.9 Å². The highest BCUT2D eigenvalue weighted by Crippen LogP contribution is 2.39. The van der Waals surface area contributed by atoms with Crippen LogP contribution in [-0.2, 0) is 6.66 Å². The van der Waals surface area contributed by atoms with Crippen LogP contribution in [0.4, 0.5) is 0 Å². The molecule has 3 heteroatoms. The van der Waals surface area contributed by atoms with Crippen LogP contribution in [-0.4, -0.2) is 0 Å². The number of aryl methyl sites for hydroxylation is 1. The van der Waals surface area contributed by atoms with Crippen LogP contribution in [0.15, 0.2) is 81.2 Å². The fraction of sp³-hybridized carbons (Fsp3) is 0.130. The molecule has 1 heterocycles. The molecular formula is C23H21O2P. The maximum absolute atomic E-state index is 6.14. The molecule has 26 heavy (non-hydrogen) atoms. The molecule has 0 spiro atoms. The number of rotatable bonds is 0. The van der Waals surface area contributed by atoms with Crippen LogP contribution in [0.3, 0.4) is 0 Å². The van der Waals surface area contributed by atoms with Gasteiger partial charge in [-0.1, -0.05) is 74.5 Å². The first-order valence-electron chi connectivity index (χ1n) is 8.95. The van der Waals surface area contributed by atoms with Gasteiger partial charge in [0.25, 0.3) is 0 Å². The van der Waals surface area contributed by atoms with Crippen LogP contribution < -0.4 is 0 Å². The van der Waals surface area contributed by atoms with E-state index in [4.69, 9.17) is 8.39 Å². The minimum atomic E-state index is -1.00. The summed E-state index contributed by atoms with van der Waals surface area (Å²) in [6, 6.07) is 25.3. The Morgan fingerprint density at radius 3 is 1.46 bits per heavy atom. The number of hydrogen-bond donors (Lipinski definition) is 0. The largest absolute Gasteiger partial charge is 0.419 e. The topological polar surface area (TPSA) is 26.3 Å². The molecule has 130 valence electrons. The Kier molecular flexibility index (Phi) is 4.44. The van der Waals surface area contributed by atoms with E-state index in [1.807, 2.05) is 20.5 Å². The fourth-order valence-corrected chi connectivity index (χ4v) is 4.36. The standard InChI is InChI=1S/C21H15O2P.C2H6/c1-24-22-18-12-10-14-6-2-4-8-16(14)20(18)21-17-9-5-3-7-15(17)11-13-19(21)23-24;1-2/h2-13H,1H3;1-2H3. The third-order valence-electron chi connectivity index (χ3n) is 4.49. The van der Waals surface area contributed by atoms with Gasteiger partial charge in [-0.2, -0.15) is 0 Å². The molecule has 0 N–H and O–H groups in total. The predicted octanol–water partition coefficient (Wildman–Crippen LogP) is 8.16. The zero-order valence-electron chi connectivity index (χ0n) is 15.2. The van der Waals surface area contributed by atoms with Gasteiger partial charge in [-0.15, -0.1) is 0 Å². The highest BCUT2D eigenvalue weighted by atomic mass is 31.1. The summed E-state index contributed by atoms with van der Waals surface area (Å²) in [6.07, 6.45) is 0. The molecule has 1 aromatic heterocycles. The molecule has 0 saturated carbocycles. The number of hydrogen-bond acceptors (Lipinski definition) is 2. The molecule has 5 rings (SSSR count). The zero-order chi connectivity index (χ0) is 18.1. The molecule has 0 aliphatic carbocycles. The first kappa shape index (κ1) is 16.8. The Morgan fingerprint density at radius 2 is 1.00 bits per heavy atom. The van der Waals surface area contributed by atoms with Gasteiger partial charge in [0.15, 0.2) is 0 Å². The van der Waals surface area contributed by atoms with Crippen molar-refractivity contribution in [1.82, 2.24) is 0 Å². The molecule has 0 unspecified atom stereocenters. The second kappa shape index (κ2) is 6.90. The van der Waals surface area contributed by atoms with Crippen molar-refractivity contribution >= 4 is 51.5 Å². The molecule has 0 aliphatic heterocycles. The monoisotopic (exact) mass is 360 g/mol. The third kappa shape index (κ3) is 2.67. The van der Waals surface area contributed by atoms with Crippen molar-refractivity contribution in [2.45, 2.75) is 13.8 Å². The second-order valence-corrected chi connectivity index (χ2v) is 7.19. The average molecular weight is 360 g/mol. The van der Waals surface area contributed by atoms with Crippen molar-refractivity contribution in [3.63, 3.8) is 0 Å². The van der Waals surface area contributed by atoms with Crippen LogP contribution in [0.25, 0.3) is 43.5 Å². The third-order valence-corrected chi connectivity index (χ3v) is 5.39. The van der Waals surface area contributed by atoms with Crippen LogP contribution in [0.1, 0.15) is 13.8 Å². The lowest BCUT2D eigenvalue weighted by Gasteiger charge is -2.05. The quantitative estimate of drug-likeness (QED) is 0.278. The average Bonchev–Trinajstić information content (AvgIpc) is 2.85. The first-order valence-corrected chi connectivity index (χ1v) is 10.6. The minimum absolute atomic E-state index is 0.900. The van der Waals surface area contributed by atoms with E-state index in [2.05, 4.69) is 72.8 Å². The summed E-state index contributed by atoms with van der Waals surface area (Å²) in [4.78, 5) is 0. The van der Waals surface area contributed by atoms with Gasteiger partial charge >= 0.3 is 0 Å². The lowest BCUT2D eigenvalue weighted by molar-refractivity contribution is 0.644. The number of benzene rings is 4. The van der Waals surface area contributed by atoms with Crippen LogP contribution >= 0.6 is 8.01 Å². The Morgan fingerprint density at radius 1 is 0.577 bits per heavy atom. The van der Waals surface area contributed by atoms with Crippen molar-refractivity contribution < 1.29 is 8.39 Å². The first-order chi connectivity index (χ1) is 12.8. The van der Waals surface area contributed by atoms with Gasteiger partial charge in [0.05, 0.1) is 0 Å². The summed E-state index contributed by atoms with van der Waals surface area (Å²) in [5.74, 6) is 0. The van der Waals surface area contributed by atoms with Crippen molar-refractivity contribution in [1.29, 1.82) is 0 Å². The summed E-state index contributed by atoms with van der Waals surface area (Å²) in [5.41, 5.74) is 1.80. The molecule has 0 radical (unpaired) electrons. The van der Waals surface area contributed by atoms with E-state index in [1.165, 1.54) is 21.5 Å². The van der Waals surface area contributed by atoms with Crippen molar-refractivity contribution in [3.05, 3.63) is 72.8 Å². The smallest absolute Gasteiger partial charge is 0.213 e. The lowest BCUT2D eigenvalue weighted by Crippen LogP contribution is -1.79. The van der Waals surface area contributed by atoms with Gasteiger partial charge < -0.3 is 8.39 Å². The van der Waals surface area contributed by atoms with Crippen LogP contribution in [0.5, 0.6) is 0 Å². The summed E-state index contributed by atoms with van der Waals surface area (Å²) in [6.45, 7) is 6.00. The highest BCUT2D eigenvalue weighted by molar-refractivity contribution is 7.35. The minimum Gasteiger partial charge on any atom is -0.419 e. The van der Waals surface area contributed by atoms with Gasteiger partial charge in [-0.25, -0.2) is 0 Å². The molecule has 0 amide bonds. The maximum Gasteiger partial charge on any atom is 0.213 e. The van der Waals surface area contributed by atoms with Crippen molar-refractivity contribution in [2.75, 3.05) is 0 Å². The SMILES string of the molecule is CC.Cp1oc2ccc3ccccc3c2c2c(ccc3ccccc32)o1. The van der Waals surface area contributed by atoms with Gasteiger partial charge in [0.2, 0.25) is 8.01 Å². The summed E-state index contributed by atoms with van der Waals surface area (Å²) in [7, 11) is -1.00. The molecule has 0 aliphatic rings. The number of fused-ring (bicyclic) bond motifs is 7. The summed E-state index contributed by atoms with van der Waals surface area (Å²) < 4.78 is 12.3. The van der Waals surface area contributed by atoms with Crippen LogP contribution in [0.2, 0.25) is 0 Å². The molecule has 0 saturated heterocycles. The molecule has 2 nitrogen and oxygen atoms in total. The van der Waals surface area contributed by atoms with Gasteiger partial charge in [-0.05, 0) is 33.7 Å². The van der Waals surface area contributed by atoms with Gasteiger partial charge in [0, 0.05) is 17.4 Å². The molecule has 5 aromatic rings. The Hall–Kier alpha value is -2.70. The fourth-order valence-electron chi connectivity index (χ4n) is 3.47. The van der Waals surface area contributed by atoms with Gasteiger partial charge in [0.1, 0.15) is 11.2 Å². The van der Waals surface area contributed by atoms with E-state index in [1.54, 1.807) is 0 Å². The summed E-state index contributed by atoms with van der Waals surface area (Å²) >= 11 is 0. The zero-order valence-corrected chi connectivity index (χ0v) is 16.1. The molecular weight excluding hydrogens is 339 g/mol. The molecule has 0 fully saturated rings. The molecule has 0 atom stereocenters. The van der Waals surface area contributed by atoms with Crippen LogP contribution in [0, 0.1) is 0 Å². The van der Waals surface area contributed by atoms with E-state index in [0.29, 0.717) is 0 Å². The van der Waals surface area contributed by atoms with Crippen molar-refractivity contribution in [3.8, 4) is 0 Å². The summed E-state index contributed by atoms with van der Waals surface area (Å²) in [5, 5.41) is 7.07. The Balaban J connectivity index is 0.000000814. The van der Waals surface area contributed by atoms with E-state index < -0.39 is 8.01 Å². The maximum atomic E-state index is 6.14. The predicted molar refractivity (Wildman–Crippen MR) is 114 cm³/mol. The Bertz CT molecular complexity index is 1170. The second-order valence-electron chi connectivity index (χ2n) is 5.94. The Labute approximate surface area is 153 Å². The molecule has 4 aromatic carbocycles. The van der Waals surface area contributed by atoms with E-state index in [-0.39, 0.29) is 0 Å². The van der Waals surface area contributed by atoms with Crippen molar-refractivity contribution in [2.24, 2.45) is 6.66 Å². The van der Waals surface area contributed by atoms with Gasteiger partial charge in [-0.3, -0.25) is 0 Å². The molecule has 0 bridgehead atoms. The lowest BCUT2D eigenvalue weighted by atomic mass is 9.99.